The van der Waals surface area contributed by atoms with Gasteiger partial charge in [0.15, 0.2) is 0 Å². The van der Waals surface area contributed by atoms with E-state index >= 15 is 0 Å². The van der Waals surface area contributed by atoms with E-state index in [1.54, 1.807) is 7.11 Å². The Morgan fingerprint density at radius 2 is 2.00 bits per heavy atom. The van der Waals surface area contributed by atoms with E-state index in [-0.39, 0.29) is 12.3 Å². The van der Waals surface area contributed by atoms with E-state index in [0.717, 1.165) is 28.9 Å². The van der Waals surface area contributed by atoms with Gasteiger partial charge in [0.1, 0.15) is 5.75 Å². The van der Waals surface area contributed by atoms with Crippen molar-refractivity contribution < 1.29 is 24.5 Å². The van der Waals surface area contributed by atoms with Crippen molar-refractivity contribution in [3.8, 4) is 5.75 Å². The number of carboxylic acids is 2. The molecule has 0 spiro atoms. The Hall–Kier alpha value is -2.30. The fraction of sp³-hybridized carbons (Fsp3) is 0.412. The molecule has 0 amide bonds. The van der Waals surface area contributed by atoms with E-state index in [9.17, 15) is 19.8 Å². The zero-order chi connectivity index (χ0) is 15.9. The second kappa shape index (κ2) is 5.48. The topological polar surface area (TPSA) is 83.8 Å². The van der Waals surface area contributed by atoms with Gasteiger partial charge in [0.05, 0.1) is 18.9 Å². The van der Waals surface area contributed by atoms with Gasteiger partial charge in [-0.05, 0) is 54.0 Å². The summed E-state index contributed by atoms with van der Waals surface area (Å²) in [5, 5.41) is 18.8. The van der Waals surface area contributed by atoms with Crippen LogP contribution in [0.15, 0.2) is 24.3 Å². The molecule has 0 fully saturated rings. The molecule has 0 aliphatic heterocycles. The molecule has 0 heterocycles. The smallest absolute Gasteiger partial charge is 0.308 e. The van der Waals surface area contributed by atoms with E-state index in [1.165, 1.54) is 0 Å². The van der Waals surface area contributed by atoms with Crippen molar-refractivity contribution in [1.82, 2.24) is 0 Å². The molecule has 5 nitrogen and oxygen atoms in total. The van der Waals surface area contributed by atoms with Crippen LogP contribution in [0.1, 0.15) is 24.0 Å². The van der Waals surface area contributed by atoms with Gasteiger partial charge >= 0.3 is 11.9 Å². The lowest BCUT2D eigenvalue weighted by atomic mass is 9.65. The molecule has 2 aliphatic rings. The van der Waals surface area contributed by atoms with Crippen molar-refractivity contribution in [3.63, 3.8) is 0 Å². The van der Waals surface area contributed by atoms with Gasteiger partial charge in [-0.15, -0.1) is 0 Å². The Balaban J connectivity index is 2.04. The highest BCUT2D eigenvalue weighted by Gasteiger charge is 2.44. The van der Waals surface area contributed by atoms with E-state index in [4.69, 9.17) is 4.74 Å². The Morgan fingerprint density at radius 1 is 1.23 bits per heavy atom. The molecule has 0 saturated heterocycles. The number of hydrogen-bond donors (Lipinski definition) is 2. The van der Waals surface area contributed by atoms with Crippen LogP contribution in [0.3, 0.4) is 0 Å². The molecule has 0 radical (unpaired) electrons. The van der Waals surface area contributed by atoms with Crippen molar-refractivity contribution in [2.24, 2.45) is 17.8 Å². The lowest BCUT2D eigenvalue weighted by Gasteiger charge is -2.38. The van der Waals surface area contributed by atoms with Gasteiger partial charge in [-0.1, -0.05) is 12.1 Å². The minimum Gasteiger partial charge on any atom is -0.497 e. The van der Waals surface area contributed by atoms with Gasteiger partial charge < -0.3 is 14.9 Å². The van der Waals surface area contributed by atoms with Crippen LogP contribution >= 0.6 is 0 Å². The Kier molecular flexibility index (Phi) is 3.64. The number of hydrogen-bond acceptors (Lipinski definition) is 3. The molecule has 0 bridgehead atoms. The average molecular weight is 302 g/mol. The molecular weight excluding hydrogens is 284 g/mol. The highest BCUT2D eigenvalue weighted by molar-refractivity contribution is 5.86. The van der Waals surface area contributed by atoms with Crippen molar-refractivity contribution >= 4 is 17.5 Å². The number of fused-ring (bicyclic) bond motifs is 3. The lowest BCUT2D eigenvalue weighted by molar-refractivity contribution is -0.155. The Morgan fingerprint density at radius 3 is 2.64 bits per heavy atom. The van der Waals surface area contributed by atoms with Crippen LogP contribution in [0.25, 0.3) is 5.57 Å². The number of ether oxygens (including phenoxy) is 1. The van der Waals surface area contributed by atoms with Gasteiger partial charge in [-0.2, -0.15) is 0 Å². The van der Waals surface area contributed by atoms with Crippen molar-refractivity contribution in [3.05, 3.63) is 35.4 Å². The monoisotopic (exact) mass is 302 g/mol. The third-order valence-electron chi connectivity index (χ3n) is 4.81. The molecule has 116 valence electrons. The van der Waals surface area contributed by atoms with Gasteiger partial charge in [0.2, 0.25) is 0 Å². The summed E-state index contributed by atoms with van der Waals surface area (Å²) in [7, 11) is 1.62. The molecule has 1 aromatic rings. The Labute approximate surface area is 128 Å². The van der Waals surface area contributed by atoms with Crippen LogP contribution in [0.2, 0.25) is 0 Å². The first kappa shape index (κ1) is 14.6. The summed E-state index contributed by atoms with van der Waals surface area (Å²) in [6.45, 7) is 0. The SMILES string of the molecule is COc1ccc2c(c1)CC[C@H]1C2=CC[C@@H](C(=O)O)[C@@H]1C(=O)O. The summed E-state index contributed by atoms with van der Waals surface area (Å²) in [5.74, 6) is -3.18. The van der Waals surface area contributed by atoms with Crippen LogP contribution < -0.4 is 4.74 Å². The van der Waals surface area contributed by atoms with Crippen LogP contribution in [0.5, 0.6) is 5.75 Å². The summed E-state index contributed by atoms with van der Waals surface area (Å²) >= 11 is 0. The number of carbonyl (C=O) groups is 2. The highest BCUT2D eigenvalue weighted by atomic mass is 16.5. The second-order valence-corrected chi connectivity index (χ2v) is 5.87. The third-order valence-corrected chi connectivity index (χ3v) is 4.81. The standard InChI is InChI=1S/C17H18O5/c1-22-10-3-5-11-9(8-10)2-4-13-12(11)6-7-14(16(18)19)15(13)17(20)21/h3,5-6,8,13-15H,2,4,7H2,1H3,(H,18,19)(H,20,21)/t13-,14+,15+/m0/s1. The van der Waals surface area contributed by atoms with E-state index in [1.807, 2.05) is 24.3 Å². The number of methoxy groups -OCH3 is 1. The van der Waals surface area contributed by atoms with Gasteiger partial charge in [-0.3, -0.25) is 9.59 Å². The van der Waals surface area contributed by atoms with Crippen LogP contribution in [-0.2, 0) is 16.0 Å². The highest BCUT2D eigenvalue weighted by Crippen LogP contribution is 2.47. The number of carboxylic acid groups (broad SMARTS) is 2. The molecule has 2 N–H and O–H groups in total. The molecule has 0 saturated carbocycles. The molecule has 1 aromatic carbocycles. The minimum atomic E-state index is -1.02. The fourth-order valence-electron chi connectivity index (χ4n) is 3.77. The third kappa shape index (κ3) is 2.26. The summed E-state index contributed by atoms with van der Waals surface area (Å²) < 4.78 is 5.23. The molecule has 3 rings (SSSR count). The quantitative estimate of drug-likeness (QED) is 0.896. The average Bonchev–Trinajstić information content (AvgIpc) is 2.52. The van der Waals surface area contributed by atoms with Gasteiger partial charge in [-0.25, -0.2) is 0 Å². The number of benzene rings is 1. The first-order valence-corrected chi connectivity index (χ1v) is 7.36. The molecule has 0 unspecified atom stereocenters. The number of rotatable bonds is 3. The van der Waals surface area contributed by atoms with Gasteiger partial charge in [0.25, 0.3) is 0 Å². The number of aliphatic carboxylic acids is 2. The molecule has 5 heteroatoms. The van der Waals surface area contributed by atoms with E-state index in [2.05, 4.69) is 0 Å². The lowest BCUT2D eigenvalue weighted by Crippen LogP contribution is -2.39. The number of aryl methyl sites for hydroxylation is 1. The van der Waals surface area contributed by atoms with Crippen molar-refractivity contribution in [1.29, 1.82) is 0 Å². The summed E-state index contributed by atoms with van der Waals surface area (Å²) in [6, 6.07) is 5.79. The Bertz CT molecular complexity index is 661. The zero-order valence-corrected chi connectivity index (χ0v) is 12.3. The first-order chi connectivity index (χ1) is 10.5. The largest absolute Gasteiger partial charge is 0.497 e. The maximum Gasteiger partial charge on any atom is 0.308 e. The van der Waals surface area contributed by atoms with Crippen molar-refractivity contribution in [2.45, 2.75) is 19.3 Å². The summed E-state index contributed by atoms with van der Waals surface area (Å²) in [5.41, 5.74) is 3.15. The van der Waals surface area contributed by atoms with Crippen LogP contribution in [-0.4, -0.2) is 29.3 Å². The van der Waals surface area contributed by atoms with Crippen molar-refractivity contribution in [2.75, 3.05) is 7.11 Å². The van der Waals surface area contributed by atoms with Gasteiger partial charge in [0, 0.05) is 0 Å². The summed E-state index contributed by atoms with van der Waals surface area (Å²) in [4.78, 5) is 23.0. The van der Waals surface area contributed by atoms with Crippen LogP contribution in [0, 0.1) is 17.8 Å². The number of allylic oxidation sites excluding steroid dienone is 2. The fourth-order valence-corrected chi connectivity index (χ4v) is 3.77. The molecule has 3 atom stereocenters. The minimum absolute atomic E-state index is 0.228. The molecule has 2 aliphatic carbocycles. The molecule has 0 aromatic heterocycles. The van der Waals surface area contributed by atoms with E-state index in [0.29, 0.717) is 6.42 Å². The normalized spacial score (nSPS) is 26.4. The maximum atomic E-state index is 11.6. The first-order valence-electron chi connectivity index (χ1n) is 7.36. The second-order valence-electron chi connectivity index (χ2n) is 5.87. The van der Waals surface area contributed by atoms with Crippen LogP contribution in [0.4, 0.5) is 0 Å². The predicted octanol–water partition coefficient (Wildman–Crippen LogP) is 2.45. The van der Waals surface area contributed by atoms with E-state index < -0.39 is 23.8 Å². The maximum absolute atomic E-state index is 11.6. The zero-order valence-electron chi connectivity index (χ0n) is 12.3. The predicted molar refractivity (Wildman–Crippen MR) is 79.7 cm³/mol. The summed E-state index contributed by atoms with van der Waals surface area (Å²) in [6.07, 6.45) is 3.58. The molecule has 22 heavy (non-hydrogen) atoms. The molecular formula is C17H18O5.